The summed E-state index contributed by atoms with van der Waals surface area (Å²) in [5.41, 5.74) is 1.64. The summed E-state index contributed by atoms with van der Waals surface area (Å²) in [6.07, 6.45) is 0. The Hall–Kier alpha value is -1.36. The molecule has 72 valence electrons. The molecule has 5 heteroatoms. The molecule has 0 radical (unpaired) electrons. The third kappa shape index (κ3) is 1.86. The van der Waals surface area contributed by atoms with E-state index in [0.29, 0.717) is 11.7 Å². The average Bonchev–Trinajstić information content (AvgIpc) is 2.46. The average molecular weight is 184 g/mol. The molecule has 1 aromatic rings. The molecule has 0 aromatic carbocycles. The number of nitrogens with zero attached hydrogens (tertiary/aromatic N) is 1. The lowest BCUT2D eigenvalue weighted by molar-refractivity contribution is 0.0699. The van der Waals surface area contributed by atoms with Gasteiger partial charge < -0.3 is 4.42 Å². The Labute approximate surface area is 75.7 Å². The summed E-state index contributed by atoms with van der Waals surface area (Å²) in [5.74, 6) is 0.387. The highest BCUT2D eigenvalue weighted by atomic mass is 16.5. The molecule has 0 aliphatic carbocycles. The molecular formula is C8H12N2O3. The lowest BCUT2D eigenvalue weighted by Crippen LogP contribution is -2.19. The van der Waals surface area contributed by atoms with Gasteiger partial charge in [-0.1, -0.05) is 13.8 Å². The number of hydrogen-bond donors (Lipinski definition) is 2. The van der Waals surface area contributed by atoms with Crippen molar-refractivity contribution in [2.75, 3.05) is 0 Å². The van der Waals surface area contributed by atoms with Crippen molar-refractivity contribution in [1.29, 1.82) is 0 Å². The number of carbonyl (C=O) groups excluding carboxylic acids is 1. The normalized spacial score (nSPS) is 10.5. The summed E-state index contributed by atoms with van der Waals surface area (Å²) in [4.78, 5) is 14.9. The van der Waals surface area contributed by atoms with E-state index in [4.69, 9.17) is 9.62 Å². The van der Waals surface area contributed by atoms with Gasteiger partial charge in [-0.15, -0.1) is 0 Å². The molecule has 0 aliphatic heterocycles. The van der Waals surface area contributed by atoms with Gasteiger partial charge in [0.2, 0.25) is 0 Å². The monoisotopic (exact) mass is 184 g/mol. The van der Waals surface area contributed by atoms with Gasteiger partial charge in [-0.05, 0) is 6.92 Å². The second kappa shape index (κ2) is 3.57. The number of hydrogen-bond acceptors (Lipinski definition) is 4. The van der Waals surface area contributed by atoms with E-state index in [1.54, 1.807) is 6.92 Å². The van der Waals surface area contributed by atoms with Crippen LogP contribution >= 0.6 is 0 Å². The third-order valence-electron chi connectivity index (χ3n) is 1.62. The van der Waals surface area contributed by atoms with Gasteiger partial charge in [0.1, 0.15) is 5.76 Å². The number of oxazole rings is 1. The van der Waals surface area contributed by atoms with Crippen molar-refractivity contribution in [2.24, 2.45) is 0 Å². The second-order valence-electron chi connectivity index (χ2n) is 3.05. The fourth-order valence-corrected chi connectivity index (χ4v) is 0.927. The first-order valence-corrected chi connectivity index (χ1v) is 3.98. The zero-order valence-corrected chi connectivity index (χ0v) is 7.79. The van der Waals surface area contributed by atoms with Gasteiger partial charge >= 0.3 is 0 Å². The maximum atomic E-state index is 11.0. The highest BCUT2D eigenvalue weighted by Gasteiger charge is 2.17. The number of nitrogens with one attached hydrogen (secondary N) is 1. The molecule has 2 N–H and O–H groups in total. The van der Waals surface area contributed by atoms with Gasteiger partial charge in [-0.3, -0.25) is 10.0 Å². The zero-order chi connectivity index (χ0) is 10.0. The van der Waals surface area contributed by atoms with Gasteiger partial charge in [0.25, 0.3) is 5.91 Å². The van der Waals surface area contributed by atoms with Crippen LogP contribution in [0.5, 0.6) is 0 Å². The number of carbonyl (C=O) groups is 1. The number of amides is 1. The van der Waals surface area contributed by atoms with Crippen LogP contribution in [0.15, 0.2) is 4.42 Å². The Morgan fingerprint density at radius 2 is 2.23 bits per heavy atom. The molecule has 13 heavy (non-hydrogen) atoms. The Kier molecular flexibility index (Phi) is 2.67. The van der Waals surface area contributed by atoms with E-state index in [2.05, 4.69) is 4.98 Å². The van der Waals surface area contributed by atoms with Gasteiger partial charge in [0, 0.05) is 5.92 Å². The Bertz CT molecular complexity index is 317. The van der Waals surface area contributed by atoms with Crippen molar-refractivity contribution in [3.63, 3.8) is 0 Å². The molecule has 1 heterocycles. The highest BCUT2D eigenvalue weighted by molar-refractivity contribution is 5.92. The van der Waals surface area contributed by atoms with E-state index in [9.17, 15) is 4.79 Å². The summed E-state index contributed by atoms with van der Waals surface area (Å²) in [7, 11) is 0. The fraction of sp³-hybridized carbons (Fsp3) is 0.500. The number of aryl methyl sites for hydroxylation is 1. The quantitative estimate of drug-likeness (QED) is 0.535. The minimum Gasteiger partial charge on any atom is -0.445 e. The summed E-state index contributed by atoms with van der Waals surface area (Å²) >= 11 is 0. The van der Waals surface area contributed by atoms with E-state index in [1.807, 2.05) is 13.8 Å². The third-order valence-corrected chi connectivity index (χ3v) is 1.62. The van der Waals surface area contributed by atoms with E-state index >= 15 is 0 Å². The standard InChI is InChI=1S/C8H12N2O3/c1-4(2)8-9-6(5(3)13-8)7(11)10-12/h4,12H,1-3H3,(H,10,11). The van der Waals surface area contributed by atoms with Crippen LogP contribution in [0.1, 0.15) is 41.9 Å². The molecule has 1 rings (SSSR count). The second-order valence-corrected chi connectivity index (χ2v) is 3.05. The fourth-order valence-electron chi connectivity index (χ4n) is 0.927. The molecule has 0 fully saturated rings. The van der Waals surface area contributed by atoms with Crippen molar-refractivity contribution in [3.8, 4) is 0 Å². The van der Waals surface area contributed by atoms with E-state index in [-0.39, 0.29) is 11.6 Å². The maximum absolute atomic E-state index is 11.0. The highest BCUT2D eigenvalue weighted by Crippen LogP contribution is 2.17. The first kappa shape index (κ1) is 9.73. The Morgan fingerprint density at radius 1 is 1.62 bits per heavy atom. The van der Waals surface area contributed by atoms with Gasteiger partial charge in [-0.2, -0.15) is 0 Å². The molecule has 0 unspecified atom stereocenters. The van der Waals surface area contributed by atoms with E-state index < -0.39 is 5.91 Å². The van der Waals surface area contributed by atoms with Crippen LogP contribution in [0.2, 0.25) is 0 Å². The van der Waals surface area contributed by atoms with Crippen LogP contribution in [0.4, 0.5) is 0 Å². The molecule has 0 bridgehead atoms. The molecule has 0 aliphatic rings. The van der Waals surface area contributed by atoms with E-state index in [1.165, 1.54) is 5.48 Å². The zero-order valence-electron chi connectivity index (χ0n) is 7.79. The number of hydroxylamine groups is 1. The first-order chi connectivity index (χ1) is 6.06. The molecule has 1 aromatic heterocycles. The van der Waals surface area contributed by atoms with Crippen molar-refractivity contribution in [3.05, 3.63) is 17.3 Å². The van der Waals surface area contributed by atoms with Crippen LogP contribution in [-0.2, 0) is 0 Å². The molecule has 0 saturated heterocycles. The maximum Gasteiger partial charge on any atom is 0.296 e. The van der Waals surface area contributed by atoms with Crippen LogP contribution in [0.25, 0.3) is 0 Å². The predicted octanol–water partition coefficient (Wildman–Crippen LogP) is 1.23. The first-order valence-electron chi connectivity index (χ1n) is 3.98. The van der Waals surface area contributed by atoms with Gasteiger partial charge in [-0.25, -0.2) is 10.5 Å². The summed E-state index contributed by atoms with van der Waals surface area (Å²) < 4.78 is 5.22. The smallest absolute Gasteiger partial charge is 0.296 e. The van der Waals surface area contributed by atoms with Crippen molar-refractivity contribution < 1.29 is 14.4 Å². The van der Waals surface area contributed by atoms with Crippen molar-refractivity contribution in [1.82, 2.24) is 10.5 Å². The van der Waals surface area contributed by atoms with Crippen LogP contribution in [0.3, 0.4) is 0 Å². The van der Waals surface area contributed by atoms with Crippen molar-refractivity contribution in [2.45, 2.75) is 26.7 Å². The Balaban J connectivity index is 3.03. The summed E-state index contributed by atoms with van der Waals surface area (Å²) in [6, 6.07) is 0. The molecule has 5 nitrogen and oxygen atoms in total. The van der Waals surface area contributed by atoms with Crippen LogP contribution < -0.4 is 5.48 Å². The Morgan fingerprint density at radius 3 is 2.62 bits per heavy atom. The topological polar surface area (TPSA) is 75.4 Å². The molecule has 1 amide bonds. The summed E-state index contributed by atoms with van der Waals surface area (Å²) in [6.45, 7) is 5.45. The van der Waals surface area contributed by atoms with Crippen molar-refractivity contribution >= 4 is 5.91 Å². The lowest BCUT2D eigenvalue weighted by atomic mass is 10.2. The van der Waals surface area contributed by atoms with Crippen LogP contribution in [-0.4, -0.2) is 16.1 Å². The number of rotatable bonds is 2. The number of aromatic nitrogens is 1. The van der Waals surface area contributed by atoms with E-state index in [0.717, 1.165) is 0 Å². The SMILES string of the molecule is Cc1oc(C(C)C)nc1C(=O)NO. The molecule has 0 atom stereocenters. The van der Waals surface area contributed by atoms with Crippen LogP contribution in [0, 0.1) is 6.92 Å². The summed E-state index contributed by atoms with van der Waals surface area (Å²) in [5, 5.41) is 8.38. The largest absolute Gasteiger partial charge is 0.445 e. The lowest BCUT2D eigenvalue weighted by Gasteiger charge is -1.94. The minimum absolute atomic E-state index is 0.124. The molecule has 0 saturated carbocycles. The molecule has 0 spiro atoms. The molecular weight excluding hydrogens is 172 g/mol. The predicted molar refractivity (Wildman–Crippen MR) is 44.6 cm³/mol. The minimum atomic E-state index is -0.645. The van der Waals surface area contributed by atoms with Gasteiger partial charge in [0.05, 0.1) is 0 Å². The van der Waals surface area contributed by atoms with Gasteiger partial charge in [0.15, 0.2) is 11.6 Å².